The van der Waals surface area contributed by atoms with Crippen LogP contribution in [-0.2, 0) is 4.74 Å². The number of fused-ring (bicyclic) bond motifs is 6. The molecule has 0 radical (unpaired) electrons. The zero-order chi connectivity index (χ0) is 13.3. The highest BCUT2D eigenvalue weighted by molar-refractivity contribution is 5.82. The third kappa shape index (κ3) is 1.36. The fraction of sp³-hybridized carbons (Fsp3) is 0.500. The molecule has 0 amide bonds. The molecule has 10 heteroatoms. The summed E-state index contributed by atoms with van der Waals surface area (Å²) in [6, 6.07) is 0. The van der Waals surface area contributed by atoms with Crippen LogP contribution in [0.25, 0.3) is 11.2 Å². The van der Waals surface area contributed by atoms with Crippen LogP contribution in [0.1, 0.15) is 18.2 Å². The largest absolute Gasteiger partial charge is 0.412 e. The average Bonchev–Trinajstić information content (AvgIpc) is 2.89. The standard InChI is InChI=1S/C10H11N5O4.H2O/c11-7-2-8(13-1-12-7)15-9(14-2)5(18)6-3(16)4(17)10(15)19-6;/h1,3-6,10,16-18H,(H2,11,12,13);1H2/t3-,4+,5?,6-,10+;/m0./s1. The second-order valence-corrected chi connectivity index (χ2v) is 4.69. The van der Waals surface area contributed by atoms with Crippen molar-refractivity contribution in [1.82, 2.24) is 19.5 Å². The van der Waals surface area contributed by atoms with Gasteiger partial charge in [0.1, 0.15) is 36.6 Å². The molecule has 4 rings (SSSR count). The molecule has 2 aromatic rings. The Kier molecular flexibility index (Phi) is 2.68. The van der Waals surface area contributed by atoms with E-state index < -0.39 is 30.6 Å². The van der Waals surface area contributed by atoms with Crippen molar-refractivity contribution in [3.05, 3.63) is 12.2 Å². The number of nitrogen functional groups attached to an aromatic ring is 1. The Labute approximate surface area is 111 Å². The number of ether oxygens (including phenoxy) is 1. The Morgan fingerprint density at radius 2 is 1.95 bits per heavy atom. The summed E-state index contributed by atoms with van der Waals surface area (Å²) < 4.78 is 6.89. The highest BCUT2D eigenvalue weighted by Gasteiger charge is 2.53. The van der Waals surface area contributed by atoms with Gasteiger partial charge in [-0.05, 0) is 0 Å². The van der Waals surface area contributed by atoms with Gasteiger partial charge in [0.25, 0.3) is 0 Å². The summed E-state index contributed by atoms with van der Waals surface area (Å²) in [6.45, 7) is 0. The summed E-state index contributed by atoms with van der Waals surface area (Å²) in [6.07, 6.45) is -3.96. The van der Waals surface area contributed by atoms with Gasteiger partial charge in [-0.1, -0.05) is 0 Å². The SMILES string of the molecule is Nc1ncnc2c1nc1n2[C@@H]2O[C@H](C1O)[C@@H](O)[C@H]2O.O. The van der Waals surface area contributed by atoms with Gasteiger partial charge in [0.05, 0.1) is 0 Å². The van der Waals surface area contributed by atoms with Gasteiger partial charge in [0.15, 0.2) is 23.2 Å². The number of nitrogens with two attached hydrogens (primary N) is 1. The van der Waals surface area contributed by atoms with Crippen molar-refractivity contribution >= 4 is 17.0 Å². The molecule has 0 aliphatic carbocycles. The van der Waals surface area contributed by atoms with Crippen LogP contribution < -0.4 is 5.73 Å². The molecule has 2 aliphatic heterocycles. The lowest BCUT2D eigenvalue weighted by molar-refractivity contribution is -0.114. The van der Waals surface area contributed by atoms with Gasteiger partial charge in [0, 0.05) is 0 Å². The van der Waals surface area contributed by atoms with E-state index in [1.165, 1.54) is 10.9 Å². The summed E-state index contributed by atoms with van der Waals surface area (Å²) in [7, 11) is 0. The first-order chi connectivity index (χ1) is 9.09. The van der Waals surface area contributed by atoms with E-state index in [-0.39, 0.29) is 17.1 Å². The van der Waals surface area contributed by atoms with E-state index in [0.717, 1.165) is 0 Å². The normalized spacial score (nSPS) is 34.9. The number of imidazole rings is 1. The lowest BCUT2D eigenvalue weighted by Crippen LogP contribution is -2.34. The van der Waals surface area contributed by atoms with Gasteiger partial charge in [-0.15, -0.1) is 0 Å². The van der Waals surface area contributed by atoms with Gasteiger partial charge < -0.3 is 31.3 Å². The fourth-order valence-corrected chi connectivity index (χ4v) is 2.71. The van der Waals surface area contributed by atoms with Crippen molar-refractivity contribution in [2.24, 2.45) is 0 Å². The molecule has 1 fully saturated rings. The highest BCUT2D eigenvalue weighted by Crippen LogP contribution is 2.43. The Morgan fingerprint density at radius 3 is 2.70 bits per heavy atom. The highest BCUT2D eigenvalue weighted by atomic mass is 16.6. The molecular weight excluding hydrogens is 270 g/mol. The lowest BCUT2D eigenvalue weighted by Gasteiger charge is -2.27. The fourth-order valence-electron chi connectivity index (χ4n) is 2.71. The lowest BCUT2D eigenvalue weighted by atomic mass is 10.1. The van der Waals surface area contributed by atoms with Crippen molar-refractivity contribution in [3.63, 3.8) is 0 Å². The van der Waals surface area contributed by atoms with Crippen LogP contribution >= 0.6 is 0 Å². The number of nitrogens with zero attached hydrogens (tertiary/aromatic N) is 4. The summed E-state index contributed by atoms with van der Waals surface area (Å²) in [4.78, 5) is 12.1. The molecule has 7 N–H and O–H groups in total. The number of hydrogen-bond donors (Lipinski definition) is 4. The summed E-state index contributed by atoms with van der Waals surface area (Å²) in [5, 5.41) is 30.0. The summed E-state index contributed by atoms with van der Waals surface area (Å²) in [5.74, 6) is 0.448. The van der Waals surface area contributed by atoms with Crippen LogP contribution in [0.3, 0.4) is 0 Å². The van der Waals surface area contributed by atoms with Crippen LogP contribution in [0.5, 0.6) is 0 Å². The van der Waals surface area contributed by atoms with Crippen molar-refractivity contribution in [2.75, 3.05) is 5.73 Å². The summed E-state index contributed by atoms with van der Waals surface area (Å²) in [5.41, 5.74) is 6.41. The maximum atomic E-state index is 10.2. The molecular formula is C10H13N5O5. The number of hydrogen-bond acceptors (Lipinski definition) is 8. The molecule has 0 spiro atoms. The van der Waals surface area contributed by atoms with Gasteiger partial charge in [0.2, 0.25) is 0 Å². The average molecular weight is 283 g/mol. The van der Waals surface area contributed by atoms with Crippen molar-refractivity contribution < 1.29 is 25.5 Å². The number of aromatic nitrogens is 4. The Bertz CT molecular complexity index is 675. The maximum absolute atomic E-state index is 10.2. The minimum Gasteiger partial charge on any atom is -0.412 e. The molecule has 108 valence electrons. The molecule has 2 aliphatic rings. The molecule has 2 bridgehead atoms. The minimum absolute atomic E-state index is 0. The molecule has 4 heterocycles. The van der Waals surface area contributed by atoms with Crippen molar-refractivity contribution in [1.29, 1.82) is 0 Å². The first-order valence-corrected chi connectivity index (χ1v) is 5.77. The van der Waals surface area contributed by atoms with Crippen LogP contribution in [0.4, 0.5) is 5.82 Å². The van der Waals surface area contributed by atoms with Crippen LogP contribution in [-0.4, -0.2) is 58.6 Å². The molecule has 1 saturated heterocycles. The second kappa shape index (κ2) is 4.07. The maximum Gasteiger partial charge on any atom is 0.167 e. The predicted molar refractivity (Wildman–Crippen MR) is 64.2 cm³/mol. The number of rotatable bonds is 0. The van der Waals surface area contributed by atoms with E-state index in [1.54, 1.807) is 0 Å². The van der Waals surface area contributed by atoms with Gasteiger partial charge in [-0.3, -0.25) is 4.57 Å². The molecule has 0 saturated carbocycles. The predicted octanol–water partition coefficient (Wildman–Crippen LogP) is -2.75. The molecule has 2 aromatic heterocycles. The Hall–Kier alpha value is -1.85. The van der Waals surface area contributed by atoms with E-state index in [9.17, 15) is 15.3 Å². The van der Waals surface area contributed by atoms with E-state index in [2.05, 4.69) is 15.0 Å². The number of anilines is 1. The molecule has 10 nitrogen and oxygen atoms in total. The first kappa shape index (κ1) is 13.1. The van der Waals surface area contributed by atoms with Crippen LogP contribution in [0, 0.1) is 0 Å². The Balaban J connectivity index is 0.00000121. The molecule has 5 atom stereocenters. The zero-order valence-corrected chi connectivity index (χ0v) is 10.1. The first-order valence-electron chi connectivity index (χ1n) is 5.77. The second-order valence-electron chi connectivity index (χ2n) is 4.69. The quantitative estimate of drug-likeness (QED) is 0.403. The van der Waals surface area contributed by atoms with E-state index in [1.807, 2.05) is 0 Å². The smallest absolute Gasteiger partial charge is 0.167 e. The zero-order valence-electron chi connectivity index (χ0n) is 10.1. The number of aliphatic hydroxyl groups excluding tert-OH is 3. The number of aliphatic hydroxyl groups is 3. The van der Waals surface area contributed by atoms with Gasteiger partial charge in [-0.25, -0.2) is 15.0 Å². The van der Waals surface area contributed by atoms with Gasteiger partial charge >= 0.3 is 0 Å². The molecule has 0 aromatic carbocycles. The van der Waals surface area contributed by atoms with Crippen LogP contribution in [0.2, 0.25) is 0 Å². The van der Waals surface area contributed by atoms with Crippen LogP contribution in [0.15, 0.2) is 6.33 Å². The van der Waals surface area contributed by atoms with E-state index in [0.29, 0.717) is 11.2 Å². The van der Waals surface area contributed by atoms with Crippen molar-refractivity contribution in [3.8, 4) is 0 Å². The Morgan fingerprint density at radius 1 is 1.20 bits per heavy atom. The molecule has 1 unspecified atom stereocenters. The molecule has 20 heavy (non-hydrogen) atoms. The third-order valence-corrected chi connectivity index (χ3v) is 3.64. The van der Waals surface area contributed by atoms with E-state index in [4.69, 9.17) is 10.5 Å². The van der Waals surface area contributed by atoms with Gasteiger partial charge in [-0.2, -0.15) is 0 Å². The monoisotopic (exact) mass is 283 g/mol. The third-order valence-electron chi connectivity index (χ3n) is 3.64. The topological polar surface area (TPSA) is 171 Å². The minimum atomic E-state index is -1.17. The van der Waals surface area contributed by atoms with Crippen molar-refractivity contribution in [2.45, 2.75) is 30.6 Å². The summed E-state index contributed by atoms with van der Waals surface area (Å²) >= 11 is 0. The van der Waals surface area contributed by atoms with E-state index >= 15 is 0 Å².